The van der Waals surface area contributed by atoms with Crippen LogP contribution in [-0.4, -0.2) is 29.6 Å². The van der Waals surface area contributed by atoms with E-state index in [0.717, 1.165) is 44.9 Å². The molecule has 4 heteroatoms. The van der Waals surface area contributed by atoms with E-state index in [-0.39, 0.29) is 5.78 Å². The second-order valence-electron chi connectivity index (χ2n) is 5.37. The van der Waals surface area contributed by atoms with E-state index in [2.05, 4.69) is 13.8 Å². The van der Waals surface area contributed by atoms with Crippen molar-refractivity contribution < 1.29 is 19.4 Å². The zero-order chi connectivity index (χ0) is 15.4. The Kier molecular flexibility index (Phi) is 11.4. The van der Waals surface area contributed by atoms with Crippen molar-refractivity contribution in [1.29, 1.82) is 0 Å². The Morgan fingerprint density at radius 1 is 1.00 bits per heavy atom. The lowest BCUT2D eigenvalue weighted by Crippen LogP contribution is -2.35. The summed E-state index contributed by atoms with van der Waals surface area (Å²) >= 11 is 0. The van der Waals surface area contributed by atoms with Crippen LogP contribution in [0.15, 0.2) is 0 Å². The molecule has 1 N–H and O–H groups in total. The van der Waals surface area contributed by atoms with Crippen molar-refractivity contribution in [3.63, 3.8) is 0 Å². The monoisotopic (exact) mass is 286 g/mol. The van der Waals surface area contributed by atoms with Gasteiger partial charge < -0.3 is 9.84 Å². The Morgan fingerprint density at radius 2 is 1.60 bits per heavy atom. The number of unbranched alkanes of at least 4 members (excludes halogenated alkanes) is 5. The summed E-state index contributed by atoms with van der Waals surface area (Å²) in [5.74, 6) is -1.79. The third-order valence-electron chi connectivity index (χ3n) is 3.35. The molecule has 0 aliphatic heterocycles. The Morgan fingerprint density at radius 3 is 2.15 bits per heavy atom. The summed E-state index contributed by atoms with van der Waals surface area (Å²) in [5.41, 5.74) is 0. The summed E-state index contributed by atoms with van der Waals surface area (Å²) in [5, 5.41) is 9.63. The topological polar surface area (TPSA) is 63.6 Å². The molecule has 2 atom stereocenters. The van der Waals surface area contributed by atoms with Gasteiger partial charge in [0.1, 0.15) is 11.7 Å². The van der Waals surface area contributed by atoms with Crippen LogP contribution in [0.2, 0.25) is 0 Å². The van der Waals surface area contributed by atoms with Crippen LogP contribution < -0.4 is 0 Å². The molecule has 20 heavy (non-hydrogen) atoms. The van der Waals surface area contributed by atoms with Gasteiger partial charge in [-0.2, -0.15) is 0 Å². The fourth-order valence-corrected chi connectivity index (χ4v) is 2.09. The van der Waals surface area contributed by atoms with Crippen molar-refractivity contribution in [2.45, 2.75) is 78.2 Å². The summed E-state index contributed by atoms with van der Waals surface area (Å²) in [6, 6.07) is 0. The van der Waals surface area contributed by atoms with Crippen LogP contribution in [0, 0.1) is 5.92 Å². The number of hydrogen-bond acceptors (Lipinski definition) is 4. The number of Topliss-reactive ketones (excluding diaryl/α,β-unsaturated/α-hetero) is 1. The zero-order valence-corrected chi connectivity index (χ0v) is 13.2. The van der Waals surface area contributed by atoms with E-state index in [1.165, 1.54) is 6.92 Å². The number of esters is 1. The number of hydrogen-bond donors (Lipinski definition) is 1. The molecule has 4 nitrogen and oxygen atoms in total. The van der Waals surface area contributed by atoms with E-state index in [1.807, 2.05) is 0 Å². The summed E-state index contributed by atoms with van der Waals surface area (Å²) in [7, 11) is 0. The normalized spacial score (nSPS) is 13.8. The van der Waals surface area contributed by atoms with Crippen molar-refractivity contribution in [3.05, 3.63) is 0 Å². The van der Waals surface area contributed by atoms with Gasteiger partial charge in [0.2, 0.25) is 0 Å². The number of carbonyl (C=O) groups is 2. The highest BCUT2D eigenvalue weighted by Gasteiger charge is 2.31. The predicted molar refractivity (Wildman–Crippen MR) is 79.4 cm³/mol. The van der Waals surface area contributed by atoms with E-state index < -0.39 is 18.0 Å². The zero-order valence-electron chi connectivity index (χ0n) is 13.2. The van der Waals surface area contributed by atoms with E-state index in [1.54, 1.807) is 0 Å². The molecule has 0 aromatic rings. The van der Waals surface area contributed by atoms with Gasteiger partial charge in [-0.05, 0) is 19.8 Å². The molecule has 0 spiro atoms. The number of aliphatic hydroxyl groups is 1. The van der Waals surface area contributed by atoms with Crippen LogP contribution in [0.1, 0.15) is 72.1 Å². The Labute approximate surface area is 122 Å². The summed E-state index contributed by atoms with van der Waals surface area (Å²) < 4.78 is 5.12. The minimum atomic E-state index is -1.02. The van der Waals surface area contributed by atoms with Crippen LogP contribution in [0.25, 0.3) is 0 Å². The molecule has 0 saturated carbocycles. The first-order chi connectivity index (χ1) is 9.54. The van der Waals surface area contributed by atoms with Gasteiger partial charge in [0.05, 0.1) is 12.7 Å². The molecule has 0 bridgehead atoms. The van der Waals surface area contributed by atoms with Gasteiger partial charge in [-0.25, -0.2) is 0 Å². The first-order valence-corrected chi connectivity index (χ1v) is 7.92. The second-order valence-corrected chi connectivity index (χ2v) is 5.37. The fraction of sp³-hybridized carbons (Fsp3) is 0.875. The van der Waals surface area contributed by atoms with Crippen LogP contribution in [0.3, 0.4) is 0 Å². The van der Waals surface area contributed by atoms with E-state index in [4.69, 9.17) is 4.74 Å². The van der Waals surface area contributed by atoms with Crippen molar-refractivity contribution in [2.24, 2.45) is 5.92 Å². The number of aliphatic hydroxyl groups excluding tert-OH is 1. The fourth-order valence-electron chi connectivity index (χ4n) is 2.09. The minimum Gasteiger partial charge on any atom is -0.465 e. The van der Waals surface area contributed by atoms with E-state index in [0.29, 0.717) is 13.0 Å². The van der Waals surface area contributed by atoms with Crippen molar-refractivity contribution in [2.75, 3.05) is 6.61 Å². The number of carbonyl (C=O) groups excluding carboxylic acids is 2. The van der Waals surface area contributed by atoms with Crippen LogP contribution >= 0.6 is 0 Å². The largest absolute Gasteiger partial charge is 0.465 e. The predicted octanol–water partition coefficient (Wildman–Crippen LogP) is 3.26. The van der Waals surface area contributed by atoms with Crippen LogP contribution in [0.4, 0.5) is 0 Å². The molecule has 0 aliphatic rings. The Hall–Kier alpha value is -0.900. The average Bonchev–Trinajstić information content (AvgIpc) is 2.38. The molecule has 0 radical (unpaired) electrons. The molecule has 0 fully saturated rings. The van der Waals surface area contributed by atoms with Gasteiger partial charge in [-0.1, -0.05) is 46.0 Å². The molecule has 0 aliphatic carbocycles. The standard InChI is InChI=1S/C16H30O4/c1-4-6-8-10-12-20-16(19)15(13(3)17)14(18)11-9-7-5-2/h13,15,17H,4-12H2,1-3H3. The van der Waals surface area contributed by atoms with E-state index >= 15 is 0 Å². The molecule has 0 heterocycles. The molecule has 2 unspecified atom stereocenters. The van der Waals surface area contributed by atoms with Gasteiger partial charge in [0.25, 0.3) is 0 Å². The summed E-state index contributed by atoms with van der Waals surface area (Å²) in [6.45, 7) is 5.98. The lowest BCUT2D eigenvalue weighted by atomic mass is 9.94. The second kappa shape index (κ2) is 11.9. The maximum Gasteiger partial charge on any atom is 0.319 e. The highest BCUT2D eigenvalue weighted by molar-refractivity contribution is 5.99. The van der Waals surface area contributed by atoms with Crippen molar-refractivity contribution in [1.82, 2.24) is 0 Å². The van der Waals surface area contributed by atoms with Gasteiger partial charge in [-0.3, -0.25) is 9.59 Å². The minimum absolute atomic E-state index is 0.202. The highest BCUT2D eigenvalue weighted by atomic mass is 16.5. The third kappa shape index (κ3) is 8.31. The molecule has 0 aromatic heterocycles. The lowest BCUT2D eigenvalue weighted by Gasteiger charge is -2.17. The molecular formula is C16H30O4. The number of ketones is 1. The Balaban J connectivity index is 4.15. The average molecular weight is 286 g/mol. The quantitative estimate of drug-likeness (QED) is 0.340. The molecule has 0 aromatic carbocycles. The highest BCUT2D eigenvalue weighted by Crippen LogP contribution is 2.14. The molecule has 0 saturated heterocycles. The van der Waals surface area contributed by atoms with Gasteiger partial charge in [0.15, 0.2) is 0 Å². The smallest absolute Gasteiger partial charge is 0.319 e. The van der Waals surface area contributed by atoms with Gasteiger partial charge in [-0.15, -0.1) is 0 Å². The lowest BCUT2D eigenvalue weighted by molar-refractivity contribution is -0.156. The Bertz CT molecular complexity index is 274. The molecule has 0 amide bonds. The SMILES string of the molecule is CCCCCCOC(=O)C(C(=O)CCCCC)C(C)O. The molecule has 0 rings (SSSR count). The van der Waals surface area contributed by atoms with Gasteiger partial charge in [0, 0.05) is 6.42 Å². The maximum atomic E-state index is 12.0. The molecular weight excluding hydrogens is 256 g/mol. The number of ether oxygens (including phenoxy) is 1. The van der Waals surface area contributed by atoms with Crippen molar-refractivity contribution >= 4 is 11.8 Å². The number of rotatable bonds is 12. The summed E-state index contributed by atoms with van der Waals surface area (Å²) in [6.07, 6.45) is 6.19. The van der Waals surface area contributed by atoms with Gasteiger partial charge >= 0.3 is 5.97 Å². The van der Waals surface area contributed by atoms with E-state index in [9.17, 15) is 14.7 Å². The third-order valence-corrected chi connectivity index (χ3v) is 3.35. The maximum absolute atomic E-state index is 12.0. The van der Waals surface area contributed by atoms with Crippen LogP contribution in [-0.2, 0) is 14.3 Å². The van der Waals surface area contributed by atoms with Crippen LogP contribution in [0.5, 0.6) is 0 Å². The summed E-state index contributed by atoms with van der Waals surface area (Å²) in [4.78, 5) is 23.9. The first kappa shape index (κ1) is 19.1. The molecule has 118 valence electrons. The first-order valence-electron chi connectivity index (χ1n) is 7.92. The van der Waals surface area contributed by atoms with Crippen molar-refractivity contribution in [3.8, 4) is 0 Å².